The molecule has 1 aliphatic rings. The molecule has 0 aliphatic carbocycles. The number of carbonyl (C=O) groups excluding carboxylic acids is 1. The van der Waals surface area contributed by atoms with Crippen LogP contribution in [0.5, 0.6) is 0 Å². The number of benzene rings is 1. The number of hydrogen-bond donors (Lipinski definition) is 1. The maximum atomic E-state index is 12.0. The third kappa shape index (κ3) is 2.66. The minimum atomic E-state index is -0.251. The van der Waals surface area contributed by atoms with Gasteiger partial charge in [-0.3, -0.25) is 4.79 Å². The number of anilines is 1. The number of carbonyl (C=O) groups is 1. The summed E-state index contributed by atoms with van der Waals surface area (Å²) in [5, 5.41) is 2.87. The van der Waals surface area contributed by atoms with Crippen LogP contribution in [0.3, 0.4) is 0 Å². The summed E-state index contributed by atoms with van der Waals surface area (Å²) >= 11 is 0. The van der Waals surface area contributed by atoms with Crippen molar-refractivity contribution in [1.82, 2.24) is 0 Å². The van der Waals surface area contributed by atoms with E-state index in [2.05, 4.69) is 10.3 Å². The SMILES string of the molecule is Cc1cccc(C)c1NC(=O)C1=NC=COC=C1. The molecule has 0 bridgehead atoms. The largest absolute Gasteiger partial charge is 0.471 e. The van der Waals surface area contributed by atoms with Crippen molar-refractivity contribution in [3.8, 4) is 0 Å². The van der Waals surface area contributed by atoms with Crippen LogP contribution in [0, 0.1) is 13.8 Å². The van der Waals surface area contributed by atoms with E-state index in [1.54, 1.807) is 0 Å². The quantitative estimate of drug-likeness (QED) is 0.866. The average molecular weight is 242 g/mol. The highest BCUT2D eigenvalue weighted by molar-refractivity contribution is 6.47. The molecule has 0 saturated carbocycles. The summed E-state index contributed by atoms with van der Waals surface area (Å²) in [5.41, 5.74) is 3.18. The van der Waals surface area contributed by atoms with Gasteiger partial charge in [0.2, 0.25) is 0 Å². The summed E-state index contributed by atoms with van der Waals surface area (Å²) in [4.78, 5) is 16.0. The molecule has 4 heteroatoms. The van der Waals surface area contributed by atoms with E-state index in [1.165, 1.54) is 24.8 Å². The first-order valence-corrected chi connectivity index (χ1v) is 5.61. The van der Waals surface area contributed by atoms with Gasteiger partial charge in [0.25, 0.3) is 5.91 Å². The average Bonchev–Trinajstić information content (AvgIpc) is 2.62. The van der Waals surface area contributed by atoms with Crippen LogP contribution in [0.25, 0.3) is 0 Å². The van der Waals surface area contributed by atoms with E-state index >= 15 is 0 Å². The van der Waals surface area contributed by atoms with Crippen LogP contribution in [0.4, 0.5) is 5.69 Å². The fourth-order valence-electron chi connectivity index (χ4n) is 1.66. The van der Waals surface area contributed by atoms with Gasteiger partial charge in [-0.15, -0.1) is 0 Å². The number of nitrogens with zero attached hydrogens (tertiary/aromatic N) is 1. The molecule has 0 atom stereocenters. The molecule has 1 N–H and O–H groups in total. The summed E-state index contributed by atoms with van der Waals surface area (Å²) in [7, 11) is 0. The van der Waals surface area contributed by atoms with E-state index in [0.29, 0.717) is 5.71 Å². The third-order valence-electron chi connectivity index (χ3n) is 2.61. The molecule has 92 valence electrons. The zero-order valence-electron chi connectivity index (χ0n) is 10.3. The molecule has 1 aromatic carbocycles. The molecule has 4 nitrogen and oxygen atoms in total. The number of rotatable bonds is 2. The Bertz CT molecular complexity index is 537. The van der Waals surface area contributed by atoms with Gasteiger partial charge in [0.05, 0.1) is 12.5 Å². The minimum Gasteiger partial charge on any atom is -0.471 e. The monoisotopic (exact) mass is 242 g/mol. The lowest BCUT2D eigenvalue weighted by atomic mass is 10.1. The molecule has 0 unspecified atom stereocenters. The second-order valence-corrected chi connectivity index (χ2v) is 3.96. The van der Waals surface area contributed by atoms with Gasteiger partial charge in [-0.25, -0.2) is 4.99 Å². The van der Waals surface area contributed by atoms with E-state index in [1.807, 2.05) is 32.0 Å². The Kier molecular flexibility index (Phi) is 3.57. The molecule has 0 radical (unpaired) electrons. The predicted molar refractivity (Wildman–Crippen MR) is 71.3 cm³/mol. The van der Waals surface area contributed by atoms with Gasteiger partial charge < -0.3 is 10.1 Å². The van der Waals surface area contributed by atoms with Crippen LogP contribution in [-0.4, -0.2) is 11.6 Å². The Morgan fingerprint density at radius 3 is 2.67 bits per heavy atom. The van der Waals surface area contributed by atoms with Crippen molar-refractivity contribution >= 4 is 17.3 Å². The van der Waals surface area contributed by atoms with E-state index in [4.69, 9.17) is 4.74 Å². The zero-order valence-corrected chi connectivity index (χ0v) is 10.3. The molecule has 1 amide bonds. The van der Waals surface area contributed by atoms with E-state index in [-0.39, 0.29) is 5.91 Å². The van der Waals surface area contributed by atoms with Crippen molar-refractivity contribution in [2.75, 3.05) is 5.32 Å². The van der Waals surface area contributed by atoms with Gasteiger partial charge in [0, 0.05) is 11.8 Å². The van der Waals surface area contributed by atoms with Crippen LogP contribution < -0.4 is 5.32 Å². The fourth-order valence-corrected chi connectivity index (χ4v) is 1.66. The van der Waals surface area contributed by atoms with Crippen molar-refractivity contribution < 1.29 is 9.53 Å². The molecule has 18 heavy (non-hydrogen) atoms. The van der Waals surface area contributed by atoms with Crippen molar-refractivity contribution in [1.29, 1.82) is 0 Å². The third-order valence-corrected chi connectivity index (χ3v) is 2.61. The first kappa shape index (κ1) is 12.1. The number of aliphatic imine (C=N–C) groups is 1. The van der Waals surface area contributed by atoms with E-state index in [0.717, 1.165) is 16.8 Å². The fraction of sp³-hybridized carbons (Fsp3) is 0.143. The first-order valence-electron chi connectivity index (χ1n) is 5.61. The number of amides is 1. The molecule has 0 saturated heterocycles. The molecule has 1 aliphatic heterocycles. The van der Waals surface area contributed by atoms with Gasteiger partial charge in [-0.1, -0.05) is 18.2 Å². The lowest BCUT2D eigenvalue weighted by molar-refractivity contribution is -0.110. The lowest BCUT2D eigenvalue weighted by Crippen LogP contribution is -2.22. The molecule has 2 rings (SSSR count). The van der Waals surface area contributed by atoms with Gasteiger partial charge in [-0.2, -0.15) is 0 Å². The second-order valence-electron chi connectivity index (χ2n) is 3.96. The molecule has 0 spiro atoms. The number of nitrogens with one attached hydrogen (secondary N) is 1. The Morgan fingerprint density at radius 2 is 1.94 bits per heavy atom. The highest BCUT2D eigenvalue weighted by Crippen LogP contribution is 2.19. The van der Waals surface area contributed by atoms with Crippen molar-refractivity contribution in [2.45, 2.75) is 13.8 Å². The van der Waals surface area contributed by atoms with Crippen LogP contribution >= 0.6 is 0 Å². The summed E-state index contributed by atoms with van der Waals surface area (Å²) < 4.78 is 4.92. The minimum absolute atomic E-state index is 0.251. The Morgan fingerprint density at radius 1 is 1.22 bits per heavy atom. The van der Waals surface area contributed by atoms with Crippen LogP contribution in [-0.2, 0) is 9.53 Å². The van der Waals surface area contributed by atoms with E-state index in [9.17, 15) is 4.79 Å². The smallest absolute Gasteiger partial charge is 0.274 e. The zero-order chi connectivity index (χ0) is 13.0. The molecule has 1 aromatic rings. The predicted octanol–water partition coefficient (Wildman–Crippen LogP) is 2.70. The van der Waals surface area contributed by atoms with Gasteiger partial charge in [0.15, 0.2) is 0 Å². The standard InChI is InChI=1S/C14H14N2O2/c1-10-4-3-5-11(2)13(10)16-14(17)12-6-8-18-9-7-15-12/h3-9H,1-2H3,(H,16,17). The Balaban J connectivity index is 2.22. The van der Waals surface area contributed by atoms with E-state index < -0.39 is 0 Å². The summed E-state index contributed by atoms with van der Waals surface area (Å²) in [5.74, 6) is -0.251. The summed E-state index contributed by atoms with van der Waals surface area (Å²) in [6.45, 7) is 3.91. The molecule has 0 fully saturated rings. The van der Waals surface area contributed by atoms with Crippen molar-refractivity contribution in [3.63, 3.8) is 0 Å². The van der Waals surface area contributed by atoms with Crippen molar-refractivity contribution in [3.05, 3.63) is 54.1 Å². The highest BCUT2D eigenvalue weighted by Gasteiger charge is 2.11. The normalized spacial score (nSPS) is 13.6. The number of para-hydroxylation sites is 1. The maximum Gasteiger partial charge on any atom is 0.274 e. The number of ether oxygens (including phenoxy) is 1. The van der Waals surface area contributed by atoms with Crippen molar-refractivity contribution in [2.24, 2.45) is 4.99 Å². The topological polar surface area (TPSA) is 50.7 Å². The second kappa shape index (κ2) is 5.31. The Labute approximate surface area is 106 Å². The Hall–Kier alpha value is -2.36. The maximum absolute atomic E-state index is 12.0. The molecule has 1 heterocycles. The molecular weight excluding hydrogens is 228 g/mol. The summed E-state index contributed by atoms with van der Waals surface area (Å²) in [6.07, 6.45) is 5.81. The van der Waals surface area contributed by atoms with Crippen LogP contribution in [0.1, 0.15) is 11.1 Å². The number of aryl methyl sites for hydroxylation is 2. The molecule has 0 aromatic heterocycles. The lowest BCUT2D eigenvalue weighted by Gasteiger charge is -2.10. The van der Waals surface area contributed by atoms with Gasteiger partial charge >= 0.3 is 0 Å². The van der Waals surface area contributed by atoms with Gasteiger partial charge in [0.1, 0.15) is 12.0 Å². The van der Waals surface area contributed by atoms with Crippen LogP contribution in [0.15, 0.2) is 48.0 Å². The summed E-state index contributed by atoms with van der Waals surface area (Å²) in [6, 6.07) is 5.87. The van der Waals surface area contributed by atoms with Gasteiger partial charge in [-0.05, 0) is 25.0 Å². The molecular formula is C14H14N2O2. The van der Waals surface area contributed by atoms with Crippen LogP contribution in [0.2, 0.25) is 0 Å². The first-order chi connectivity index (χ1) is 8.68. The highest BCUT2D eigenvalue weighted by atomic mass is 16.5. The number of hydrogen-bond acceptors (Lipinski definition) is 3.